The number of hydrogen-bond donors (Lipinski definition) is 0. The number of aryl methyl sites for hydroxylation is 1. The van der Waals surface area contributed by atoms with Crippen molar-refractivity contribution in [3.8, 4) is 0 Å². The second-order valence-corrected chi connectivity index (χ2v) is 4.08. The highest BCUT2D eigenvalue weighted by atomic mass is 16.5. The van der Waals surface area contributed by atoms with Crippen molar-refractivity contribution >= 4 is 5.97 Å². The van der Waals surface area contributed by atoms with Crippen LogP contribution in [0.1, 0.15) is 12.7 Å². The zero-order valence-corrected chi connectivity index (χ0v) is 10.7. The Morgan fingerprint density at radius 2 is 2.50 bits per heavy atom. The van der Waals surface area contributed by atoms with Crippen LogP contribution in [0.15, 0.2) is 6.33 Å². The van der Waals surface area contributed by atoms with E-state index in [0.29, 0.717) is 26.3 Å². The first-order valence-corrected chi connectivity index (χ1v) is 6.02. The van der Waals surface area contributed by atoms with Gasteiger partial charge in [-0.2, -0.15) is 5.10 Å². The molecule has 2 heterocycles. The Labute approximate surface area is 106 Å². The fourth-order valence-corrected chi connectivity index (χ4v) is 2.04. The summed E-state index contributed by atoms with van der Waals surface area (Å²) in [6, 6.07) is -0.356. The number of hydrogen-bond acceptors (Lipinski definition) is 6. The van der Waals surface area contributed by atoms with Gasteiger partial charge in [0.15, 0.2) is 0 Å². The molecular weight excluding hydrogens is 236 g/mol. The van der Waals surface area contributed by atoms with E-state index < -0.39 is 0 Å². The van der Waals surface area contributed by atoms with Gasteiger partial charge in [0, 0.05) is 13.1 Å². The standard InChI is InChI=1S/C11H18N4O3/c1-3-15-10(12-8-13-15)6-14-4-5-18-7-9(14)11(16)17-2/h8-9H,3-7H2,1-2H3. The number of nitrogens with zero attached hydrogens (tertiary/aromatic N) is 4. The van der Waals surface area contributed by atoms with E-state index >= 15 is 0 Å². The number of carbonyl (C=O) groups excluding carboxylic acids is 1. The molecule has 1 saturated heterocycles. The molecular formula is C11H18N4O3. The van der Waals surface area contributed by atoms with E-state index in [9.17, 15) is 4.79 Å². The first-order valence-electron chi connectivity index (χ1n) is 6.02. The van der Waals surface area contributed by atoms with Crippen molar-refractivity contribution in [2.45, 2.75) is 26.1 Å². The predicted octanol–water partition coefficient (Wildman–Crippen LogP) is -0.328. The Hall–Kier alpha value is -1.47. The fourth-order valence-electron chi connectivity index (χ4n) is 2.04. The molecule has 1 aromatic rings. The quantitative estimate of drug-likeness (QED) is 0.685. The van der Waals surface area contributed by atoms with Crippen LogP contribution in [0.5, 0.6) is 0 Å². The van der Waals surface area contributed by atoms with Gasteiger partial charge < -0.3 is 9.47 Å². The highest BCUT2D eigenvalue weighted by Crippen LogP contribution is 2.12. The van der Waals surface area contributed by atoms with Gasteiger partial charge in [0.2, 0.25) is 0 Å². The van der Waals surface area contributed by atoms with E-state index in [-0.39, 0.29) is 12.0 Å². The number of methoxy groups -OCH3 is 1. The number of carbonyl (C=O) groups is 1. The Balaban J connectivity index is 2.08. The maximum atomic E-state index is 11.7. The molecule has 1 fully saturated rings. The molecule has 0 spiro atoms. The van der Waals surface area contributed by atoms with Crippen LogP contribution in [0.25, 0.3) is 0 Å². The molecule has 0 aromatic carbocycles. The minimum Gasteiger partial charge on any atom is -0.468 e. The Morgan fingerprint density at radius 1 is 1.67 bits per heavy atom. The molecule has 7 nitrogen and oxygen atoms in total. The number of morpholine rings is 1. The monoisotopic (exact) mass is 254 g/mol. The molecule has 18 heavy (non-hydrogen) atoms. The molecule has 0 N–H and O–H groups in total. The summed E-state index contributed by atoms with van der Waals surface area (Å²) >= 11 is 0. The summed E-state index contributed by atoms with van der Waals surface area (Å²) in [5, 5.41) is 4.12. The highest BCUT2D eigenvalue weighted by molar-refractivity contribution is 5.75. The van der Waals surface area contributed by atoms with Crippen molar-refractivity contribution in [2.24, 2.45) is 0 Å². The van der Waals surface area contributed by atoms with Gasteiger partial charge in [-0.05, 0) is 6.92 Å². The topological polar surface area (TPSA) is 69.5 Å². The minimum absolute atomic E-state index is 0.266. The average Bonchev–Trinajstić information content (AvgIpc) is 2.86. The van der Waals surface area contributed by atoms with Crippen LogP contribution in [0.3, 0.4) is 0 Å². The molecule has 0 radical (unpaired) electrons. The molecule has 0 aliphatic carbocycles. The van der Waals surface area contributed by atoms with E-state index in [4.69, 9.17) is 9.47 Å². The normalized spacial score (nSPS) is 20.9. The van der Waals surface area contributed by atoms with Crippen molar-refractivity contribution in [3.63, 3.8) is 0 Å². The van der Waals surface area contributed by atoms with Gasteiger partial charge in [0.25, 0.3) is 0 Å². The van der Waals surface area contributed by atoms with Crippen molar-refractivity contribution < 1.29 is 14.3 Å². The van der Waals surface area contributed by atoms with Gasteiger partial charge in [-0.3, -0.25) is 9.69 Å². The number of ether oxygens (including phenoxy) is 2. The summed E-state index contributed by atoms with van der Waals surface area (Å²) in [7, 11) is 1.39. The van der Waals surface area contributed by atoms with Gasteiger partial charge in [0.05, 0.1) is 26.9 Å². The second-order valence-electron chi connectivity index (χ2n) is 4.08. The first kappa shape index (κ1) is 13.0. The van der Waals surface area contributed by atoms with E-state index in [1.807, 2.05) is 16.5 Å². The number of rotatable bonds is 4. The maximum Gasteiger partial charge on any atom is 0.325 e. The van der Waals surface area contributed by atoms with Crippen molar-refractivity contribution in [3.05, 3.63) is 12.2 Å². The molecule has 0 saturated carbocycles. The van der Waals surface area contributed by atoms with Crippen molar-refractivity contribution in [1.29, 1.82) is 0 Å². The van der Waals surface area contributed by atoms with Crippen LogP contribution in [0.4, 0.5) is 0 Å². The Morgan fingerprint density at radius 3 is 3.22 bits per heavy atom. The third-order valence-electron chi connectivity index (χ3n) is 3.05. The van der Waals surface area contributed by atoms with Crippen LogP contribution in [-0.4, -0.2) is 58.5 Å². The summed E-state index contributed by atoms with van der Waals surface area (Å²) in [6.07, 6.45) is 1.53. The number of esters is 1. The molecule has 7 heteroatoms. The molecule has 1 aliphatic heterocycles. The van der Waals surface area contributed by atoms with E-state index in [0.717, 1.165) is 12.4 Å². The number of aromatic nitrogens is 3. The van der Waals surface area contributed by atoms with Gasteiger partial charge in [0.1, 0.15) is 18.2 Å². The molecule has 1 aliphatic rings. The lowest BCUT2D eigenvalue weighted by atomic mass is 10.2. The largest absolute Gasteiger partial charge is 0.468 e. The van der Waals surface area contributed by atoms with Crippen molar-refractivity contribution in [1.82, 2.24) is 19.7 Å². The second kappa shape index (κ2) is 5.92. The predicted molar refractivity (Wildman–Crippen MR) is 62.7 cm³/mol. The van der Waals surface area contributed by atoms with Crippen LogP contribution < -0.4 is 0 Å². The van der Waals surface area contributed by atoms with Gasteiger partial charge in [-0.25, -0.2) is 9.67 Å². The highest BCUT2D eigenvalue weighted by Gasteiger charge is 2.31. The minimum atomic E-state index is -0.356. The van der Waals surface area contributed by atoms with Crippen molar-refractivity contribution in [2.75, 3.05) is 26.9 Å². The lowest BCUT2D eigenvalue weighted by Crippen LogP contribution is -2.50. The molecule has 2 rings (SSSR count). The van der Waals surface area contributed by atoms with Crippen LogP contribution in [0.2, 0.25) is 0 Å². The molecule has 1 aromatic heterocycles. The molecule has 100 valence electrons. The van der Waals surface area contributed by atoms with E-state index in [2.05, 4.69) is 10.1 Å². The van der Waals surface area contributed by atoms with Gasteiger partial charge in [-0.1, -0.05) is 0 Å². The van der Waals surface area contributed by atoms with Crippen LogP contribution in [-0.2, 0) is 27.4 Å². The summed E-state index contributed by atoms with van der Waals surface area (Å²) < 4.78 is 11.9. The fraction of sp³-hybridized carbons (Fsp3) is 0.727. The molecule has 0 bridgehead atoms. The Kier molecular flexibility index (Phi) is 4.27. The lowest BCUT2D eigenvalue weighted by molar-refractivity contribution is -0.153. The van der Waals surface area contributed by atoms with Crippen LogP contribution in [0, 0.1) is 0 Å². The summed E-state index contributed by atoms with van der Waals surface area (Å²) in [4.78, 5) is 17.9. The Bertz CT molecular complexity index is 407. The first-order chi connectivity index (χ1) is 8.76. The summed E-state index contributed by atoms with van der Waals surface area (Å²) in [6.45, 7) is 5.03. The van der Waals surface area contributed by atoms with E-state index in [1.54, 1.807) is 0 Å². The SMILES string of the molecule is CCn1ncnc1CN1CCOCC1C(=O)OC. The smallest absolute Gasteiger partial charge is 0.325 e. The lowest BCUT2D eigenvalue weighted by Gasteiger charge is -2.33. The zero-order valence-electron chi connectivity index (χ0n) is 10.7. The molecule has 0 amide bonds. The van der Waals surface area contributed by atoms with E-state index in [1.165, 1.54) is 13.4 Å². The maximum absolute atomic E-state index is 11.7. The van der Waals surface area contributed by atoms with Crippen LogP contribution >= 0.6 is 0 Å². The molecule has 1 atom stereocenters. The average molecular weight is 254 g/mol. The third kappa shape index (κ3) is 2.68. The van der Waals surface area contributed by atoms with Gasteiger partial charge in [-0.15, -0.1) is 0 Å². The third-order valence-corrected chi connectivity index (χ3v) is 3.05. The van der Waals surface area contributed by atoms with Gasteiger partial charge >= 0.3 is 5.97 Å². The summed E-state index contributed by atoms with van der Waals surface area (Å²) in [5.41, 5.74) is 0. The zero-order chi connectivity index (χ0) is 13.0. The molecule has 1 unspecified atom stereocenters. The summed E-state index contributed by atoms with van der Waals surface area (Å²) in [5.74, 6) is 0.588.